The number of methoxy groups -OCH3 is 1. The molecule has 4 rings (SSSR count). The Morgan fingerprint density at radius 2 is 1.62 bits per heavy atom. The average Bonchev–Trinajstić information content (AvgIpc) is 3.15. The van der Waals surface area contributed by atoms with Crippen molar-refractivity contribution in [1.82, 2.24) is 9.55 Å². The van der Waals surface area contributed by atoms with Gasteiger partial charge in [-0.15, -0.1) is 0 Å². The highest BCUT2D eigenvalue weighted by molar-refractivity contribution is 5.75. The van der Waals surface area contributed by atoms with Crippen LogP contribution in [0.4, 0.5) is 0 Å². The van der Waals surface area contributed by atoms with E-state index in [4.69, 9.17) is 19.2 Å². The van der Waals surface area contributed by atoms with Crippen molar-refractivity contribution in [3.05, 3.63) is 83.7 Å². The second-order valence-electron chi connectivity index (χ2n) is 8.15. The van der Waals surface area contributed by atoms with E-state index in [1.165, 1.54) is 11.1 Å². The number of ether oxygens (including phenoxy) is 3. The van der Waals surface area contributed by atoms with E-state index in [2.05, 4.69) is 49.6 Å². The third-order valence-corrected chi connectivity index (χ3v) is 5.52. The van der Waals surface area contributed by atoms with Gasteiger partial charge in [0.1, 0.15) is 24.8 Å². The van der Waals surface area contributed by atoms with Gasteiger partial charge in [0, 0.05) is 0 Å². The van der Waals surface area contributed by atoms with Gasteiger partial charge in [0.05, 0.1) is 24.7 Å². The molecule has 1 heterocycles. The van der Waals surface area contributed by atoms with E-state index in [-0.39, 0.29) is 0 Å². The van der Waals surface area contributed by atoms with E-state index in [9.17, 15) is 0 Å². The Bertz CT molecular complexity index is 1200. The Morgan fingerprint density at radius 3 is 2.41 bits per heavy atom. The number of hydrogen-bond donors (Lipinski definition) is 0. The zero-order valence-electron chi connectivity index (χ0n) is 19.2. The minimum atomic E-state index is 0.388. The molecular formula is C27H30N2O3. The summed E-state index contributed by atoms with van der Waals surface area (Å²) in [7, 11) is 1.65. The summed E-state index contributed by atoms with van der Waals surface area (Å²) in [6, 6.07) is 22.2. The molecule has 166 valence electrons. The Kier molecular flexibility index (Phi) is 6.64. The molecule has 0 radical (unpaired) electrons. The number of rotatable bonds is 9. The topological polar surface area (TPSA) is 45.5 Å². The Hall–Kier alpha value is -3.47. The lowest BCUT2D eigenvalue weighted by atomic mass is 10.0. The Labute approximate surface area is 189 Å². The van der Waals surface area contributed by atoms with Crippen molar-refractivity contribution in [2.45, 2.75) is 39.8 Å². The van der Waals surface area contributed by atoms with E-state index < -0.39 is 0 Å². The van der Waals surface area contributed by atoms with Crippen LogP contribution in [0.3, 0.4) is 0 Å². The van der Waals surface area contributed by atoms with Crippen LogP contribution in [-0.4, -0.2) is 23.3 Å². The normalized spacial score (nSPS) is 11.2. The highest BCUT2D eigenvalue weighted by atomic mass is 16.5. The third-order valence-electron chi connectivity index (χ3n) is 5.52. The smallest absolute Gasteiger partial charge is 0.161 e. The summed E-state index contributed by atoms with van der Waals surface area (Å²) in [5.74, 6) is 3.65. The van der Waals surface area contributed by atoms with Crippen LogP contribution >= 0.6 is 0 Å². The Morgan fingerprint density at radius 1 is 0.875 bits per heavy atom. The number of aromatic nitrogens is 2. The predicted octanol–water partition coefficient (Wildman–Crippen LogP) is 6.13. The van der Waals surface area contributed by atoms with E-state index in [1.807, 2.05) is 42.5 Å². The molecule has 0 aliphatic heterocycles. The Balaban J connectivity index is 1.55. The first-order valence-corrected chi connectivity index (χ1v) is 11.0. The first kappa shape index (κ1) is 21.8. The van der Waals surface area contributed by atoms with Crippen molar-refractivity contribution in [2.75, 3.05) is 13.7 Å². The summed E-state index contributed by atoms with van der Waals surface area (Å²) in [5, 5.41) is 0. The molecule has 4 aromatic rings. The van der Waals surface area contributed by atoms with Crippen molar-refractivity contribution in [1.29, 1.82) is 0 Å². The van der Waals surface area contributed by atoms with Crippen molar-refractivity contribution >= 4 is 11.0 Å². The number of fused-ring (bicyclic) bond motifs is 1. The molecule has 0 saturated carbocycles. The minimum Gasteiger partial charge on any atom is -0.493 e. The van der Waals surface area contributed by atoms with Gasteiger partial charge in [-0.3, -0.25) is 0 Å². The van der Waals surface area contributed by atoms with Crippen LogP contribution in [-0.2, 0) is 13.2 Å². The quantitative estimate of drug-likeness (QED) is 0.320. The zero-order valence-corrected chi connectivity index (χ0v) is 19.2. The molecule has 0 aliphatic rings. The second-order valence-corrected chi connectivity index (χ2v) is 8.15. The predicted molar refractivity (Wildman–Crippen MR) is 128 cm³/mol. The second kappa shape index (κ2) is 9.77. The molecular weight excluding hydrogens is 400 g/mol. The van der Waals surface area contributed by atoms with Crippen molar-refractivity contribution in [3.63, 3.8) is 0 Å². The molecule has 0 amide bonds. The number of benzene rings is 3. The van der Waals surface area contributed by atoms with Gasteiger partial charge < -0.3 is 18.8 Å². The SMILES string of the molecule is COc1ccccc1OCCn1c(COc2cc(C)ccc2C(C)C)nc2ccccc21. The number of nitrogens with zero attached hydrogens (tertiary/aromatic N) is 2. The fraction of sp³-hybridized carbons (Fsp3) is 0.296. The molecule has 0 aliphatic carbocycles. The molecule has 0 spiro atoms. The highest BCUT2D eigenvalue weighted by Crippen LogP contribution is 2.29. The maximum Gasteiger partial charge on any atom is 0.161 e. The van der Waals surface area contributed by atoms with E-state index in [1.54, 1.807) is 7.11 Å². The fourth-order valence-electron chi connectivity index (χ4n) is 3.86. The number of aryl methyl sites for hydroxylation is 1. The van der Waals surface area contributed by atoms with Gasteiger partial charge >= 0.3 is 0 Å². The molecule has 3 aromatic carbocycles. The van der Waals surface area contributed by atoms with Crippen LogP contribution < -0.4 is 14.2 Å². The van der Waals surface area contributed by atoms with Crippen LogP contribution in [0.25, 0.3) is 11.0 Å². The molecule has 0 bridgehead atoms. The van der Waals surface area contributed by atoms with Gasteiger partial charge in [0.25, 0.3) is 0 Å². The monoisotopic (exact) mass is 430 g/mol. The van der Waals surface area contributed by atoms with Crippen LogP contribution in [0.1, 0.15) is 36.7 Å². The highest BCUT2D eigenvalue weighted by Gasteiger charge is 2.14. The largest absolute Gasteiger partial charge is 0.493 e. The van der Waals surface area contributed by atoms with Crippen molar-refractivity contribution in [3.8, 4) is 17.2 Å². The average molecular weight is 431 g/mol. The summed E-state index contributed by atoms with van der Waals surface area (Å²) >= 11 is 0. The van der Waals surface area contributed by atoms with Crippen LogP contribution in [0.15, 0.2) is 66.7 Å². The minimum absolute atomic E-state index is 0.388. The van der Waals surface area contributed by atoms with Gasteiger partial charge in [-0.05, 0) is 54.3 Å². The molecule has 0 fully saturated rings. The van der Waals surface area contributed by atoms with E-state index >= 15 is 0 Å². The molecule has 0 unspecified atom stereocenters. The standard InChI is InChI=1S/C27H30N2O3/c1-19(2)21-14-13-20(3)17-26(21)32-18-27-28-22-9-5-6-10-23(22)29(27)15-16-31-25-12-8-7-11-24(25)30-4/h5-14,17,19H,15-16,18H2,1-4H3. The molecule has 0 N–H and O–H groups in total. The fourth-order valence-corrected chi connectivity index (χ4v) is 3.86. The van der Waals surface area contributed by atoms with E-state index in [0.717, 1.165) is 34.1 Å². The van der Waals surface area contributed by atoms with Gasteiger partial charge in [-0.25, -0.2) is 4.98 Å². The first-order chi connectivity index (χ1) is 15.6. The summed E-state index contributed by atoms with van der Waals surface area (Å²) in [6.45, 7) is 8.00. The summed E-state index contributed by atoms with van der Waals surface area (Å²) in [5.41, 5.74) is 4.42. The summed E-state index contributed by atoms with van der Waals surface area (Å²) in [4.78, 5) is 4.84. The third kappa shape index (κ3) is 4.72. The molecule has 5 nitrogen and oxygen atoms in total. The first-order valence-electron chi connectivity index (χ1n) is 11.0. The summed E-state index contributed by atoms with van der Waals surface area (Å²) in [6.07, 6.45) is 0. The summed E-state index contributed by atoms with van der Waals surface area (Å²) < 4.78 is 19.9. The molecule has 32 heavy (non-hydrogen) atoms. The lowest BCUT2D eigenvalue weighted by Gasteiger charge is -2.16. The number of imidazole rings is 1. The molecule has 1 aromatic heterocycles. The van der Waals surface area contributed by atoms with Crippen LogP contribution in [0.2, 0.25) is 0 Å². The number of para-hydroxylation sites is 4. The van der Waals surface area contributed by atoms with E-state index in [0.29, 0.717) is 25.7 Å². The van der Waals surface area contributed by atoms with Gasteiger partial charge in [-0.2, -0.15) is 0 Å². The zero-order chi connectivity index (χ0) is 22.5. The van der Waals surface area contributed by atoms with Gasteiger partial charge in [0.15, 0.2) is 11.5 Å². The molecule has 0 saturated heterocycles. The number of hydrogen-bond acceptors (Lipinski definition) is 4. The molecule has 0 atom stereocenters. The van der Waals surface area contributed by atoms with Gasteiger partial charge in [0.2, 0.25) is 0 Å². The van der Waals surface area contributed by atoms with Crippen molar-refractivity contribution in [2.24, 2.45) is 0 Å². The maximum atomic E-state index is 6.29. The maximum absolute atomic E-state index is 6.29. The lowest BCUT2D eigenvalue weighted by molar-refractivity contribution is 0.263. The van der Waals surface area contributed by atoms with Crippen LogP contribution in [0.5, 0.6) is 17.2 Å². The van der Waals surface area contributed by atoms with Crippen LogP contribution in [0, 0.1) is 6.92 Å². The lowest BCUT2D eigenvalue weighted by Crippen LogP contribution is -2.13. The van der Waals surface area contributed by atoms with Crippen molar-refractivity contribution < 1.29 is 14.2 Å². The van der Waals surface area contributed by atoms with Gasteiger partial charge in [-0.1, -0.05) is 50.2 Å². The molecule has 5 heteroatoms.